The van der Waals surface area contributed by atoms with E-state index in [1.807, 2.05) is 6.92 Å². The molecule has 2 aromatic rings. The van der Waals surface area contributed by atoms with E-state index >= 15 is 0 Å². The fraction of sp³-hybridized carbons (Fsp3) is 0.350. The van der Waals surface area contributed by atoms with Crippen LogP contribution in [0.5, 0.6) is 11.5 Å². The first kappa shape index (κ1) is 21.9. The molecule has 9 nitrogen and oxygen atoms in total. The molecule has 1 aliphatic rings. The maximum atomic E-state index is 13.0. The maximum absolute atomic E-state index is 13.0. The molecule has 0 aromatic heterocycles. The normalized spacial score (nSPS) is 21.1. The highest BCUT2D eigenvalue weighted by molar-refractivity contribution is 7.93. The highest BCUT2D eigenvalue weighted by atomic mass is 32.2. The molecule has 0 bridgehead atoms. The quantitative estimate of drug-likeness (QED) is 0.501. The van der Waals surface area contributed by atoms with E-state index in [4.69, 9.17) is 9.47 Å². The summed E-state index contributed by atoms with van der Waals surface area (Å²) in [6, 6.07) is 13.0. The van der Waals surface area contributed by atoms with E-state index < -0.39 is 33.3 Å². The molecule has 1 aliphatic heterocycles. The zero-order valence-corrected chi connectivity index (χ0v) is 17.8. The number of amides is 1. The van der Waals surface area contributed by atoms with Gasteiger partial charge in [-0.05, 0) is 62.4 Å². The Kier molecular flexibility index (Phi) is 6.80. The Hall–Kier alpha value is -2.82. The summed E-state index contributed by atoms with van der Waals surface area (Å²) >= 11 is 0. The van der Waals surface area contributed by atoms with Gasteiger partial charge in [-0.25, -0.2) is 13.8 Å². The van der Waals surface area contributed by atoms with Crippen LogP contribution in [-0.2, 0) is 14.8 Å². The molecule has 3 rings (SSSR count). The third-order valence-electron chi connectivity index (χ3n) is 4.74. The second-order valence-corrected chi connectivity index (χ2v) is 8.65. The summed E-state index contributed by atoms with van der Waals surface area (Å²) in [4.78, 5) is 12.9. The van der Waals surface area contributed by atoms with Gasteiger partial charge in [0, 0.05) is 17.4 Å². The highest BCUT2D eigenvalue weighted by Crippen LogP contribution is 2.25. The molecule has 0 saturated carbocycles. The first-order chi connectivity index (χ1) is 14.3. The monoisotopic (exact) mass is 434 g/mol. The number of benzene rings is 2. The van der Waals surface area contributed by atoms with Crippen LogP contribution in [0.2, 0.25) is 0 Å². The van der Waals surface area contributed by atoms with Crippen LogP contribution in [0.1, 0.15) is 13.8 Å². The van der Waals surface area contributed by atoms with Gasteiger partial charge in [-0.15, -0.1) is 0 Å². The van der Waals surface area contributed by atoms with Crippen LogP contribution in [0.4, 0.5) is 11.4 Å². The molecule has 10 heteroatoms. The smallest absolute Gasteiger partial charge is 0.250 e. The van der Waals surface area contributed by atoms with Gasteiger partial charge in [0.1, 0.15) is 11.5 Å². The van der Waals surface area contributed by atoms with Crippen molar-refractivity contribution in [2.45, 2.75) is 25.3 Å². The lowest BCUT2D eigenvalue weighted by atomic mass is 10.0. The molecule has 30 heavy (non-hydrogen) atoms. The number of methoxy groups -OCH3 is 1. The minimum absolute atomic E-state index is 0.383. The summed E-state index contributed by atoms with van der Waals surface area (Å²) in [7, 11) is -2.36. The number of carbonyl (C=O) groups excluding carboxylic acids is 1. The van der Waals surface area contributed by atoms with E-state index in [0.717, 1.165) is 0 Å². The topological polar surface area (TPSA) is 118 Å². The van der Waals surface area contributed by atoms with Gasteiger partial charge >= 0.3 is 0 Å². The van der Waals surface area contributed by atoms with E-state index in [1.54, 1.807) is 62.6 Å². The molecule has 3 atom stereocenters. The lowest BCUT2D eigenvalue weighted by Gasteiger charge is -2.21. The van der Waals surface area contributed by atoms with Crippen LogP contribution in [0.25, 0.3) is 0 Å². The number of hydrogen-bond acceptors (Lipinski definition) is 7. The van der Waals surface area contributed by atoms with Crippen molar-refractivity contribution in [1.29, 1.82) is 0 Å². The van der Waals surface area contributed by atoms with Crippen molar-refractivity contribution >= 4 is 27.3 Å². The second kappa shape index (κ2) is 9.33. The number of sulfonamides is 1. The van der Waals surface area contributed by atoms with Crippen LogP contribution in [-0.4, -0.2) is 39.5 Å². The van der Waals surface area contributed by atoms with Crippen molar-refractivity contribution < 1.29 is 22.7 Å². The summed E-state index contributed by atoms with van der Waals surface area (Å²) in [5.41, 5.74) is 6.51. The van der Waals surface area contributed by atoms with Gasteiger partial charge in [-0.2, -0.15) is 0 Å². The van der Waals surface area contributed by atoms with Gasteiger partial charge in [-0.1, -0.05) is 0 Å². The van der Waals surface area contributed by atoms with Gasteiger partial charge in [0.2, 0.25) is 5.91 Å². The van der Waals surface area contributed by atoms with Crippen LogP contribution in [0.3, 0.4) is 0 Å². The Morgan fingerprint density at radius 2 is 1.60 bits per heavy atom. The van der Waals surface area contributed by atoms with Crippen molar-refractivity contribution in [3.05, 3.63) is 48.5 Å². The molecule has 2 aromatic carbocycles. The van der Waals surface area contributed by atoms with Crippen molar-refractivity contribution in [3.8, 4) is 11.5 Å². The Morgan fingerprint density at radius 1 is 1.00 bits per heavy atom. The minimum Gasteiger partial charge on any atom is -0.497 e. The molecule has 1 saturated heterocycles. The summed E-state index contributed by atoms with van der Waals surface area (Å²) in [6.07, 6.45) is 0. The number of carbonyl (C=O) groups is 1. The Bertz CT molecular complexity index is 964. The van der Waals surface area contributed by atoms with Gasteiger partial charge in [0.05, 0.1) is 19.6 Å². The van der Waals surface area contributed by atoms with Crippen LogP contribution < -0.4 is 30.4 Å². The van der Waals surface area contributed by atoms with Gasteiger partial charge in [0.25, 0.3) is 10.0 Å². The maximum Gasteiger partial charge on any atom is 0.250 e. The largest absolute Gasteiger partial charge is 0.497 e. The molecule has 1 fully saturated rings. The van der Waals surface area contributed by atoms with Gasteiger partial charge in [0.15, 0.2) is 5.37 Å². The molecule has 1 heterocycles. The number of nitrogens with one attached hydrogen (secondary N) is 4. The first-order valence-corrected chi connectivity index (χ1v) is 11.1. The lowest BCUT2D eigenvalue weighted by Crippen LogP contribution is -2.45. The minimum atomic E-state index is -3.91. The van der Waals surface area contributed by atoms with E-state index in [9.17, 15) is 13.2 Å². The van der Waals surface area contributed by atoms with Crippen molar-refractivity contribution in [1.82, 2.24) is 10.9 Å². The molecule has 0 radical (unpaired) electrons. The van der Waals surface area contributed by atoms with Crippen molar-refractivity contribution in [3.63, 3.8) is 0 Å². The molecule has 0 aliphatic carbocycles. The van der Waals surface area contributed by atoms with Crippen LogP contribution in [0.15, 0.2) is 48.5 Å². The summed E-state index contributed by atoms with van der Waals surface area (Å²) in [5, 5.41) is 1.61. The number of ether oxygens (including phenoxy) is 2. The zero-order chi connectivity index (χ0) is 21.7. The molecule has 1 amide bonds. The van der Waals surface area contributed by atoms with Gasteiger partial charge in [-0.3, -0.25) is 14.9 Å². The Morgan fingerprint density at radius 3 is 2.20 bits per heavy atom. The molecule has 4 N–H and O–H groups in total. The van der Waals surface area contributed by atoms with Gasteiger partial charge < -0.3 is 14.8 Å². The molecule has 162 valence electrons. The molecular formula is C20H26N4O5S. The van der Waals surface area contributed by atoms with E-state index in [2.05, 4.69) is 20.9 Å². The molecular weight excluding hydrogens is 408 g/mol. The Balaban J connectivity index is 1.73. The summed E-state index contributed by atoms with van der Waals surface area (Å²) in [5.74, 6) is 0.0385. The van der Waals surface area contributed by atoms with Crippen molar-refractivity contribution in [2.75, 3.05) is 23.8 Å². The average molecular weight is 435 g/mol. The second-order valence-electron chi connectivity index (χ2n) is 6.85. The fourth-order valence-corrected chi connectivity index (χ4v) is 4.76. The number of hydrogen-bond donors (Lipinski definition) is 4. The third-order valence-corrected chi connectivity index (χ3v) is 6.34. The number of rotatable bonds is 8. The average Bonchev–Trinajstić information content (AvgIpc) is 3.13. The summed E-state index contributed by atoms with van der Waals surface area (Å²) < 4.78 is 38.9. The Labute approximate surface area is 176 Å². The van der Waals surface area contributed by atoms with Crippen LogP contribution >= 0.6 is 0 Å². The SMILES string of the molecule is CCOc1ccc(NS(=O)(=O)C2NNC(C)C2C(=O)Nc2ccc(OC)cc2)cc1. The fourth-order valence-electron chi connectivity index (χ4n) is 3.20. The van der Waals surface area contributed by atoms with Crippen LogP contribution in [0, 0.1) is 5.92 Å². The number of anilines is 2. The summed E-state index contributed by atoms with van der Waals surface area (Å²) in [6.45, 7) is 4.14. The first-order valence-electron chi connectivity index (χ1n) is 9.54. The van der Waals surface area contributed by atoms with E-state index in [1.165, 1.54) is 0 Å². The third kappa shape index (κ3) is 5.02. The predicted molar refractivity (Wildman–Crippen MR) is 115 cm³/mol. The highest BCUT2D eigenvalue weighted by Gasteiger charge is 2.46. The standard InChI is InChI=1S/C20H26N4O5S/c1-4-29-17-11-7-15(8-12-17)24-30(26,27)20-18(13(2)22-23-20)19(25)21-14-5-9-16(28-3)10-6-14/h5-13,18,20,22-24H,4H2,1-3H3,(H,21,25). The zero-order valence-electron chi connectivity index (χ0n) is 17.0. The molecule has 0 spiro atoms. The molecule has 3 unspecified atom stereocenters. The number of hydrazine groups is 1. The predicted octanol–water partition coefficient (Wildman–Crippen LogP) is 1.91. The van der Waals surface area contributed by atoms with E-state index in [-0.39, 0.29) is 0 Å². The van der Waals surface area contributed by atoms with E-state index in [0.29, 0.717) is 29.5 Å². The van der Waals surface area contributed by atoms with Crippen molar-refractivity contribution in [2.24, 2.45) is 5.92 Å². The lowest BCUT2D eigenvalue weighted by molar-refractivity contribution is -0.119.